The molecule has 0 spiro atoms. The number of nitrogens with two attached hydrogens (primary N) is 1. The summed E-state index contributed by atoms with van der Waals surface area (Å²) in [5.74, 6) is -5.09. The zero-order valence-corrected chi connectivity index (χ0v) is 18.2. The van der Waals surface area contributed by atoms with E-state index in [9.17, 15) is 29.1 Å². The van der Waals surface area contributed by atoms with Crippen molar-refractivity contribution in [2.75, 3.05) is 0 Å². The highest BCUT2D eigenvalue weighted by molar-refractivity contribution is 5.94. The molecule has 0 saturated heterocycles. The number of carbonyl (C=O) groups excluding carboxylic acids is 3. The molecule has 176 valence electrons. The second-order valence-electron chi connectivity index (χ2n) is 7.75. The Balaban J connectivity index is 2.93. The van der Waals surface area contributed by atoms with E-state index in [0.717, 1.165) is 5.56 Å². The van der Waals surface area contributed by atoms with E-state index in [1.807, 2.05) is 0 Å². The molecule has 1 rings (SSSR count). The normalized spacial score (nSPS) is 14.5. The first-order valence-electron chi connectivity index (χ1n) is 10.1. The first-order valence-corrected chi connectivity index (χ1v) is 10.1. The van der Waals surface area contributed by atoms with E-state index < -0.39 is 66.2 Å². The number of carboxylic acids is 2. The van der Waals surface area contributed by atoms with E-state index in [2.05, 4.69) is 16.0 Å². The largest absolute Gasteiger partial charge is 0.481 e. The highest BCUT2D eigenvalue weighted by Gasteiger charge is 2.30. The Hall–Kier alpha value is -3.47. The average Bonchev–Trinajstić information content (AvgIpc) is 2.70. The molecule has 7 N–H and O–H groups in total. The fourth-order valence-electron chi connectivity index (χ4n) is 2.79. The zero-order valence-electron chi connectivity index (χ0n) is 18.2. The zero-order chi connectivity index (χ0) is 24.4. The maximum atomic E-state index is 12.8. The van der Waals surface area contributed by atoms with Gasteiger partial charge in [-0.3, -0.25) is 19.2 Å². The lowest BCUT2D eigenvalue weighted by molar-refractivity contribution is -0.143. The Morgan fingerprint density at radius 2 is 1.47 bits per heavy atom. The number of hydrogen-bond acceptors (Lipinski definition) is 6. The molecule has 0 saturated carbocycles. The minimum absolute atomic E-state index is 0.0854. The van der Waals surface area contributed by atoms with Gasteiger partial charge in [-0.2, -0.15) is 0 Å². The van der Waals surface area contributed by atoms with Crippen LogP contribution in [0.5, 0.6) is 0 Å². The third-order valence-corrected chi connectivity index (χ3v) is 4.63. The molecule has 0 aliphatic heterocycles. The van der Waals surface area contributed by atoms with Gasteiger partial charge in [0, 0.05) is 6.42 Å². The van der Waals surface area contributed by atoms with Crippen molar-refractivity contribution in [1.82, 2.24) is 16.0 Å². The molecule has 32 heavy (non-hydrogen) atoms. The van der Waals surface area contributed by atoms with E-state index in [1.165, 1.54) is 6.92 Å². The second-order valence-corrected chi connectivity index (χ2v) is 7.75. The van der Waals surface area contributed by atoms with Crippen LogP contribution in [-0.4, -0.2) is 64.0 Å². The quantitative estimate of drug-likeness (QED) is 0.240. The van der Waals surface area contributed by atoms with Gasteiger partial charge in [0.1, 0.15) is 18.1 Å². The molecule has 1 aromatic carbocycles. The van der Waals surface area contributed by atoms with Crippen molar-refractivity contribution in [3.05, 3.63) is 35.9 Å². The summed E-state index contributed by atoms with van der Waals surface area (Å²) in [4.78, 5) is 59.5. The number of carboxylic acid groups (broad SMARTS) is 2. The van der Waals surface area contributed by atoms with Crippen LogP contribution in [0.1, 0.15) is 32.8 Å². The average molecular weight is 450 g/mol. The van der Waals surface area contributed by atoms with Gasteiger partial charge in [0.25, 0.3) is 0 Å². The van der Waals surface area contributed by atoms with E-state index in [1.54, 1.807) is 44.2 Å². The van der Waals surface area contributed by atoms with Crippen LogP contribution in [0.3, 0.4) is 0 Å². The van der Waals surface area contributed by atoms with E-state index in [0.29, 0.717) is 0 Å². The fourth-order valence-corrected chi connectivity index (χ4v) is 2.79. The summed E-state index contributed by atoms with van der Waals surface area (Å²) < 4.78 is 0. The van der Waals surface area contributed by atoms with Crippen molar-refractivity contribution in [3.63, 3.8) is 0 Å². The number of nitrogens with one attached hydrogen (secondary N) is 3. The van der Waals surface area contributed by atoms with Crippen molar-refractivity contribution in [2.45, 2.75) is 57.8 Å². The van der Waals surface area contributed by atoms with Crippen LogP contribution in [0.25, 0.3) is 0 Å². The maximum absolute atomic E-state index is 12.8. The van der Waals surface area contributed by atoms with Crippen LogP contribution in [0.15, 0.2) is 30.3 Å². The minimum Gasteiger partial charge on any atom is -0.481 e. The Morgan fingerprint density at radius 1 is 0.875 bits per heavy atom. The molecule has 0 bridgehead atoms. The van der Waals surface area contributed by atoms with Crippen molar-refractivity contribution in [3.8, 4) is 0 Å². The number of amides is 3. The van der Waals surface area contributed by atoms with Gasteiger partial charge in [-0.05, 0) is 18.4 Å². The highest BCUT2D eigenvalue weighted by Crippen LogP contribution is 2.07. The Labute approximate surface area is 185 Å². The van der Waals surface area contributed by atoms with Crippen LogP contribution in [0, 0.1) is 5.92 Å². The first kappa shape index (κ1) is 26.6. The molecular formula is C21H30N4O7. The molecule has 0 aliphatic rings. The third-order valence-electron chi connectivity index (χ3n) is 4.63. The number of hydrogen-bond donors (Lipinski definition) is 6. The Bertz CT molecular complexity index is 829. The van der Waals surface area contributed by atoms with Gasteiger partial charge in [0.2, 0.25) is 17.7 Å². The molecule has 0 heterocycles. The summed E-state index contributed by atoms with van der Waals surface area (Å²) in [5, 5.41) is 25.3. The van der Waals surface area contributed by atoms with Crippen molar-refractivity contribution in [1.29, 1.82) is 0 Å². The molecule has 0 aliphatic carbocycles. The van der Waals surface area contributed by atoms with E-state index in [4.69, 9.17) is 10.8 Å². The lowest BCUT2D eigenvalue weighted by Crippen LogP contribution is -2.57. The van der Waals surface area contributed by atoms with Crippen molar-refractivity contribution >= 4 is 29.7 Å². The molecule has 1 aromatic rings. The van der Waals surface area contributed by atoms with Gasteiger partial charge in [0.05, 0.1) is 12.5 Å². The van der Waals surface area contributed by atoms with Crippen LogP contribution in [0.2, 0.25) is 0 Å². The van der Waals surface area contributed by atoms with Crippen molar-refractivity contribution in [2.24, 2.45) is 11.7 Å². The predicted molar refractivity (Wildman–Crippen MR) is 114 cm³/mol. The Kier molecular flexibility index (Phi) is 10.3. The monoisotopic (exact) mass is 450 g/mol. The van der Waals surface area contributed by atoms with Crippen LogP contribution >= 0.6 is 0 Å². The topological polar surface area (TPSA) is 188 Å². The number of aliphatic carboxylic acids is 2. The molecule has 11 heteroatoms. The van der Waals surface area contributed by atoms with Crippen LogP contribution < -0.4 is 21.7 Å². The number of rotatable bonds is 12. The summed E-state index contributed by atoms with van der Waals surface area (Å²) in [6.07, 6.45) is -0.521. The smallest absolute Gasteiger partial charge is 0.326 e. The fraction of sp³-hybridized carbons (Fsp3) is 0.476. The van der Waals surface area contributed by atoms with Gasteiger partial charge in [-0.25, -0.2) is 4.79 Å². The molecule has 4 unspecified atom stereocenters. The van der Waals surface area contributed by atoms with Gasteiger partial charge >= 0.3 is 11.9 Å². The molecular weight excluding hydrogens is 420 g/mol. The number of benzene rings is 1. The van der Waals surface area contributed by atoms with Gasteiger partial charge in [-0.1, -0.05) is 44.2 Å². The van der Waals surface area contributed by atoms with Crippen LogP contribution in [-0.2, 0) is 30.4 Å². The van der Waals surface area contributed by atoms with Gasteiger partial charge in [0.15, 0.2) is 0 Å². The SMILES string of the molecule is CC(NC(=O)C(N)CC(=O)O)C(=O)NC(Cc1ccccc1)C(=O)NC(C(=O)O)C(C)C. The second kappa shape index (κ2) is 12.4. The minimum atomic E-state index is -1.34. The molecule has 0 fully saturated rings. The molecule has 0 aromatic heterocycles. The maximum Gasteiger partial charge on any atom is 0.326 e. The highest BCUT2D eigenvalue weighted by atomic mass is 16.4. The molecule has 11 nitrogen and oxygen atoms in total. The van der Waals surface area contributed by atoms with Gasteiger partial charge < -0.3 is 31.9 Å². The molecule has 3 amide bonds. The molecule has 4 atom stereocenters. The Morgan fingerprint density at radius 3 is 1.97 bits per heavy atom. The van der Waals surface area contributed by atoms with Gasteiger partial charge in [-0.15, -0.1) is 0 Å². The van der Waals surface area contributed by atoms with E-state index >= 15 is 0 Å². The summed E-state index contributed by atoms with van der Waals surface area (Å²) in [5.41, 5.74) is 6.21. The summed E-state index contributed by atoms with van der Waals surface area (Å²) >= 11 is 0. The van der Waals surface area contributed by atoms with Crippen molar-refractivity contribution < 1.29 is 34.2 Å². The summed E-state index contributed by atoms with van der Waals surface area (Å²) in [6, 6.07) is 4.08. The van der Waals surface area contributed by atoms with Crippen LogP contribution in [0.4, 0.5) is 0 Å². The standard InChI is InChI=1S/C21H30N4O7/c1-11(2)17(21(31)32)25-20(30)15(9-13-7-5-4-6-8-13)24-18(28)12(3)23-19(29)14(22)10-16(26)27/h4-8,11-12,14-15,17H,9-10,22H2,1-3H3,(H,23,29)(H,24,28)(H,25,30)(H,26,27)(H,31,32). The third kappa shape index (κ3) is 8.72. The lowest BCUT2D eigenvalue weighted by atomic mass is 10.0. The summed E-state index contributed by atoms with van der Waals surface area (Å²) in [6.45, 7) is 4.63. The lowest BCUT2D eigenvalue weighted by Gasteiger charge is -2.25. The number of carbonyl (C=O) groups is 5. The first-order chi connectivity index (χ1) is 14.9. The molecule has 0 radical (unpaired) electrons. The van der Waals surface area contributed by atoms with E-state index in [-0.39, 0.29) is 6.42 Å². The summed E-state index contributed by atoms with van der Waals surface area (Å²) in [7, 11) is 0. The predicted octanol–water partition coefficient (Wildman–Crippen LogP) is -0.754.